The highest BCUT2D eigenvalue weighted by molar-refractivity contribution is 7.92. The Morgan fingerprint density at radius 2 is 1.56 bits per heavy atom. The zero-order chi connectivity index (χ0) is 29.4. The van der Waals surface area contributed by atoms with Crippen LogP contribution in [0.2, 0.25) is 5.02 Å². The van der Waals surface area contributed by atoms with E-state index < -0.39 is 28.5 Å². The Hall–Kier alpha value is -3.36. The van der Waals surface area contributed by atoms with Crippen LogP contribution in [0.25, 0.3) is 0 Å². The lowest BCUT2D eigenvalue weighted by Crippen LogP contribution is -2.54. The first-order chi connectivity index (χ1) is 19.7. The molecule has 0 aliphatic heterocycles. The molecule has 1 aliphatic rings. The van der Waals surface area contributed by atoms with E-state index in [9.17, 15) is 18.0 Å². The van der Waals surface area contributed by atoms with Crippen LogP contribution in [0.5, 0.6) is 0 Å². The minimum Gasteiger partial charge on any atom is -0.352 e. The number of nitrogens with zero attached hydrogens (tertiary/aromatic N) is 2. The lowest BCUT2D eigenvalue weighted by Gasteiger charge is -2.34. The summed E-state index contributed by atoms with van der Waals surface area (Å²) < 4.78 is 29.0. The number of rotatable bonds is 11. The van der Waals surface area contributed by atoms with Crippen molar-refractivity contribution in [1.29, 1.82) is 0 Å². The van der Waals surface area contributed by atoms with E-state index in [0.29, 0.717) is 6.42 Å². The van der Waals surface area contributed by atoms with Gasteiger partial charge in [-0.05, 0) is 56.0 Å². The largest absolute Gasteiger partial charge is 0.352 e. The monoisotopic (exact) mass is 595 g/mol. The van der Waals surface area contributed by atoms with Crippen molar-refractivity contribution < 1.29 is 18.0 Å². The van der Waals surface area contributed by atoms with Crippen molar-refractivity contribution in [2.45, 2.75) is 75.9 Å². The molecule has 0 bridgehead atoms. The van der Waals surface area contributed by atoms with E-state index in [1.165, 1.54) is 17.0 Å². The Labute approximate surface area is 248 Å². The number of nitrogens with one attached hydrogen (secondary N) is 1. The second kappa shape index (κ2) is 14.0. The number of hydrogen-bond acceptors (Lipinski definition) is 4. The second-order valence-corrected chi connectivity index (χ2v) is 12.8. The maximum Gasteiger partial charge on any atom is 0.264 e. The van der Waals surface area contributed by atoms with Crippen LogP contribution in [-0.4, -0.2) is 43.8 Å². The van der Waals surface area contributed by atoms with Crippen molar-refractivity contribution in [2.24, 2.45) is 0 Å². The lowest BCUT2D eigenvalue weighted by atomic mass is 9.95. The first kappa shape index (κ1) is 30.6. The summed E-state index contributed by atoms with van der Waals surface area (Å²) in [5.41, 5.74) is 1.95. The Balaban J connectivity index is 1.70. The number of halogens is 1. The fourth-order valence-electron chi connectivity index (χ4n) is 5.25. The van der Waals surface area contributed by atoms with Gasteiger partial charge in [-0.3, -0.25) is 13.9 Å². The van der Waals surface area contributed by atoms with Crippen molar-refractivity contribution in [3.05, 3.63) is 95.0 Å². The van der Waals surface area contributed by atoms with E-state index >= 15 is 0 Å². The van der Waals surface area contributed by atoms with Gasteiger partial charge in [0.25, 0.3) is 10.0 Å². The summed E-state index contributed by atoms with van der Waals surface area (Å²) in [4.78, 5) is 29.3. The van der Waals surface area contributed by atoms with Gasteiger partial charge in [0, 0.05) is 12.6 Å². The van der Waals surface area contributed by atoms with Crippen LogP contribution in [-0.2, 0) is 26.2 Å². The highest BCUT2D eigenvalue weighted by Gasteiger charge is 2.35. The molecule has 0 aromatic heterocycles. The van der Waals surface area contributed by atoms with Crippen LogP contribution in [0.4, 0.5) is 5.69 Å². The first-order valence-corrected chi connectivity index (χ1v) is 16.0. The molecule has 2 amide bonds. The number of benzene rings is 3. The fourth-order valence-corrected chi connectivity index (χ4v) is 6.97. The van der Waals surface area contributed by atoms with Gasteiger partial charge in [0.15, 0.2) is 0 Å². The van der Waals surface area contributed by atoms with Gasteiger partial charge in [-0.25, -0.2) is 8.42 Å². The smallest absolute Gasteiger partial charge is 0.264 e. The molecular weight excluding hydrogens is 558 g/mol. The van der Waals surface area contributed by atoms with Crippen LogP contribution >= 0.6 is 11.6 Å². The van der Waals surface area contributed by atoms with Crippen molar-refractivity contribution >= 4 is 39.1 Å². The molecule has 1 fully saturated rings. The van der Waals surface area contributed by atoms with Crippen LogP contribution in [0.15, 0.2) is 83.8 Å². The maximum absolute atomic E-state index is 14.2. The maximum atomic E-state index is 14.2. The summed E-state index contributed by atoms with van der Waals surface area (Å²) >= 11 is 6.48. The summed E-state index contributed by atoms with van der Waals surface area (Å²) in [6, 6.07) is 21.7. The SMILES string of the molecule is CC[C@H](C(=O)NC1CCCCC1)N(Cc1ccccc1)C(=O)CN(c1ccccc1Cl)S(=O)(=O)c1ccc(C)cc1. The van der Waals surface area contributed by atoms with Gasteiger partial charge < -0.3 is 10.2 Å². The fraction of sp³-hybridized carbons (Fsp3) is 0.375. The minimum absolute atomic E-state index is 0.0486. The third kappa shape index (κ3) is 7.68. The number of carbonyl (C=O) groups excluding carboxylic acids is 2. The van der Waals surface area contributed by atoms with Gasteiger partial charge in [0.05, 0.1) is 15.6 Å². The van der Waals surface area contributed by atoms with Crippen molar-refractivity contribution in [1.82, 2.24) is 10.2 Å². The summed E-state index contributed by atoms with van der Waals surface area (Å²) in [7, 11) is -4.17. The van der Waals surface area contributed by atoms with Gasteiger partial charge in [-0.2, -0.15) is 0 Å². The van der Waals surface area contributed by atoms with Crippen LogP contribution in [0, 0.1) is 6.92 Å². The van der Waals surface area contributed by atoms with Crippen molar-refractivity contribution in [2.75, 3.05) is 10.8 Å². The average Bonchev–Trinajstić information content (AvgIpc) is 2.97. The Morgan fingerprint density at radius 3 is 2.20 bits per heavy atom. The molecule has 0 radical (unpaired) electrons. The third-order valence-corrected chi connectivity index (χ3v) is 9.64. The van der Waals surface area contributed by atoms with Crippen LogP contribution in [0.1, 0.15) is 56.6 Å². The quantitative estimate of drug-likeness (QED) is 0.290. The number of amides is 2. The van der Waals surface area contributed by atoms with Crippen molar-refractivity contribution in [3.63, 3.8) is 0 Å². The normalized spacial score (nSPS) is 14.7. The molecule has 4 rings (SSSR count). The summed E-state index contributed by atoms with van der Waals surface area (Å²) in [6.07, 6.45) is 5.52. The first-order valence-electron chi connectivity index (χ1n) is 14.2. The number of sulfonamides is 1. The molecule has 1 saturated carbocycles. The molecule has 3 aromatic carbocycles. The van der Waals surface area contributed by atoms with Crippen LogP contribution in [0.3, 0.4) is 0 Å². The molecule has 1 atom stereocenters. The second-order valence-electron chi connectivity index (χ2n) is 10.6. The summed E-state index contributed by atoms with van der Waals surface area (Å²) in [5, 5.41) is 3.36. The molecule has 218 valence electrons. The lowest BCUT2D eigenvalue weighted by molar-refractivity contribution is -0.140. The molecule has 3 aromatic rings. The predicted octanol–water partition coefficient (Wildman–Crippen LogP) is 6.10. The standard InChI is InChI=1S/C32H38ClN3O4S/c1-3-29(32(38)34-26-14-8-5-9-15-26)35(22-25-12-6-4-7-13-25)31(37)23-36(30-17-11-10-16-28(30)33)41(39,40)27-20-18-24(2)19-21-27/h4,6-7,10-13,16-21,26,29H,3,5,8-9,14-15,22-23H2,1-2H3,(H,34,38)/t29-/m1/s1. The zero-order valence-corrected chi connectivity index (χ0v) is 25.2. The number of hydrogen-bond donors (Lipinski definition) is 1. The van der Waals surface area contributed by atoms with Gasteiger partial charge in [-0.1, -0.05) is 97.9 Å². The van der Waals surface area contributed by atoms with Gasteiger partial charge >= 0.3 is 0 Å². The van der Waals surface area contributed by atoms with Gasteiger partial charge in [-0.15, -0.1) is 0 Å². The molecule has 0 heterocycles. The van der Waals surface area contributed by atoms with E-state index in [-0.39, 0.29) is 34.1 Å². The third-order valence-electron chi connectivity index (χ3n) is 7.54. The topological polar surface area (TPSA) is 86.8 Å². The number of para-hydroxylation sites is 1. The van der Waals surface area contributed by atoms with E-state index in [2.05, 4.69) is 5.32 Å². The Kier molecular flexibility index (Phi) is 10.5. The minimum atomic E-state index is -4.17. The molecule has 7 nitrogen and oxygen atoms in total. The molecule has 1 aliphatic carbocycles. The van der Waals surface area contributed by atoms with Gasteiger partial charge in [0.2, 0.25) is 11.8 Å². The molecule has 0 unspecified atom stereocenters. The van der Waals surface area contributed by atoms with Crippen molar-refractivity contribution in [3.8, 4) is 0 Å². The zero-order valence-electron chi connectivity index (χ0n) is 23.6. The Bertz CT molecular complexity index is 1420. The molecule has 9 heteroatoms. The number of aryl methyl sites for hydroxylation is 1. The predicted molar refractivity (Wildman–Crippen MR) is 163 cm³/mol. The molecule has 41 heavy (non-hydrogen) atoms. The highest BCUT2D eigenvalue weighted by Crippen LogP contribution is 2.31. The van der Waals surface area contributed by atoms with E-state index in [0.717, 1.165) is 47.5 Å². The summed E-state index contributed by atoms with van der Waals surface area (Å²) in [5.74, 6) is -0.704. The van der Waals surface area contributed by atoms with E-state index in [4.69, 9.17) is 11.6 Å². The average molecular weight is 596 g/mol. The number of carbonyl (C=O) groups is 2. The summed E-state index contributed by atoms with van der Waals surface area (Å²) in [6.45, 7) is 3.39. The van der Waals surface area contributed by atoms with E-state index in [1.54, 1.807) is 36.4 Å². The van der Waals surface area contributed by atoms with Crippen LogP contribution < -0.4 is 9.62 Å². The van der Waals surface area contributed by atoms with E-state index in [1.807, 2.05) is 44.2 Å². The Morgan fingerprint density at radius 1 is 0.927 bits per heavy atom. The molecule has 1 N–H and O–H groups in total. The number of anilines is 1. The van der Waals surface area contributed by atoms with Gasteiger partial charge in [0.1, 0.15) is 12.6 Å². The molecular formula is C32H38ClN3O4S. The molecule has 0 saturated heterocycles. The highest BCUT2D eigenvalue weighted by atomic mass is 35.5. The molecule has 0 spiro atoms.